The molecule has 21 heteroatoms. The number of carbonyl (C=O) groups excluding carboxylic acids is 1. The number of hydrogen-bond donors (Lipinski definition) is 6. The fourth-order valence-corrected chi connectivity index (χ4v) is 8.58. The first kappa shape index (κ1) is 38.6. The fraction of sp³-hybridized carbons (Fsp3) is 0.621. The lowest BCUT2D eigenvalue weighted by Gasteiger charge is -2.42. The number of fused-ring (bicyclic) bond motifs is 1. The monoisotopic (exact) mass is 806 g/mol. The number of hydrazine groups is 1. The van der Waals surface area contributed by atoms with E-state index in [-0.39, 0.29) is 29.2 Å². The molecule has 2 aromatic rings. The van der Waals surface area contributed by atoms with Crippen LogP contribution in [0.15, 0.2) is 40.1 Å². The molecule has 18 nitrogen and oxygen atoms in total. The molecule has 2 aliphatic carbocycles. The summed E-state index contributed by atoms with van der Waals surface area (Å²) >= 11 is 3.36. The minimum atomic E-state index is -4.39. The molecule has 5 atom stereocenters. The molecule has 50 heavy (non-hydrogen) atoms. The Labute approximate surface area is 298 Å². The smallest absolute Gasteiger partial charge is 0.459 e. The summed E-state index contributed by atoms with van der Waals surface area (Å²) in [6, 6.07) is 6.51. The number of imidazole rings is 1. The van der Waals surface area contributed by atoms with Gasteiger partial charge in [0, 0.05) is 18.6 Å². The maximum atomic E-state index is 14.5. The van der Waals surface area contributed by atoms with E-state index in [0.717, 1.165) is 41.4 Å². The Morgan fingerprint density at radius 3 is 2.52 bits per heavy atom. The SMILES string of the molecule is COC(COP(=O)(NC1(C(=O)OC2CCCC2)CCC1)Oc1ccc(Br)cc1)[C@@H](O)[C@@](C)(O)n1cnc2c1NC(N)N=C2N(C)NS(C)(=O)=O. The second-order valence-corrected chi connectivity index (χ2v) is 17.1. The molecule has 0 amide bonds. The molecule has 2 saturated carbocycles. The fourth-order valence-electron chi connectivity index (χ4n) is 5.99. The quantitative estimate of drug-likeness (QED) is 0.0853. The topological polar surface area (TPSA) is 241 Å². The highest BCUT2D eigenvalue weighted by molar-refractivity contribution is 9.10. The third-order valence-corrected chi connectivity index (χ3v) is 11.6. The van der Waals surface area contributed by atoms with Crippen molar-refractivity contribution >= 4 is 51.3 Å². The number of benzene rings is 1. The first-order chi connectivity index (χ1) is 23.4. The molecule has 0 saturated heterocycles. The second-order valence-electron chi connectivity index (χ2n) is 12.8. The Hall–Kier alpha value is -2.65. The van der Waals surface area contributed by atoms with Gasteiger partial charge in [-0.15, -0.1) is 4.83 Å². The summed E-state index contributed by atoms with van der Waals surface area (Å²) in [7, 11) is -5.41. The van der Waals surface area contributed by atoms with Gasteiger partial charge in [-0.1, -0.05) is 15.9 Å². The standard InChI is InChI=1S/C29H44BrN8O10PS/c1-28(41,38-17-32-22-24(33-27(31)34-25(22)38)37(2)36-50(4,43)44)23(39)21(45-3)16-46-49(42,48-20-12-10-18(30)11-13-20)35-29(14-7-15-29)26(40)47-19-8-5-6-9-19/h10-13,17,19,21,23,27,34,36,39,41H,5-9,14-16,31H2,1-4H3,(H,35,42)/t21?,23-,27?,28-,49?/m1/s1. The number of halogens is 1. The molecule has 2 fully saturated rings. The second kappa shape index (κ2) is 15.1. The van der Waals surface area contributed by atoms with Crippen LogP contribution in [-0.2, 0) is 39.1 Å². The molecular weight excluding hydrogens is 763 g/mol. The van der Waals surface area contributed by atoms with Crippen LogP contribution >= 0.6 is 23.7 Å². The van der Waals surface area contributed by atoms with Crippen LogP contribution in [0.4, 0.5) is 5.82 Å². The summed E-state index contributed by atoms with van der Waals surface area (Å²) in [6.45, 7) is 0.710. The predicted molar refractivity (Wildman–Crippen MR) is 185 cm³/mol. The summed E-state index contributed by atoms with van der Waals surface area (Å²) in [6.07, 6.45) is 2.66. The number of aliphatic hydroxyl groups is 2. The zero-order valence-corrected chi connectivity index (χ0v) is 31.4. The van der Waals surface area contributed by atoms with Crippen molar-refractivity contribution in [3.8, 4) is 5.75 Å². The van der Waals surface area contributed by atoms with Crippen molar-refractivity contribution in [1.29, 1.82) is 0 Å². The maximum Gasteiger partial charge on any atom is 0.459 e. The number of ether oxygens (including phenoxy) is 2. The molecule has 1 aliphatic heterocycles. The van der Waals surface area contributed by atoms with E-state index in [1.54, 1.807) is 24.3 Å². The molecule has 0 spiro atoms. The van der Waals surface area contributed by atoms with Crippen LogP contribution in [0.1, 0.15) is 57.6 Å². The lowest BCUT2D eigenvalue weighted by atomic mass is 9.78. The molecule has 2 heterocycles. The number of aromatic nitrogens is 2. The third kappa shape index (κ3) is 8.68. The normalized spacial score (nSPS) is 22.5. The van der Waals surface area contributed by atoms with Crippen LogP contribution in [0.3, 0.4) is 0 Å². The number of hydrogen-bond acceptors (Lipinski definition) is 15. The number of anilines is 1. The zero-order valence-electron chi connectivity index (χ0n) is 28.1. The van der Waals surface area contributed by atoms with E-state index in [9.17, 15) is 28.0 Å². The average Bonchev–Trinajstić information content (AvgIpc) is 3.69. The lowest BCUT2D eigenvalue weighted by Crippen LogP contribution is -2.57. The number of methoxy groups -OCH3 is 1. The Morgan fingerprint density at radius 1 is 1.28 bits per heavy atom. The third-order valence-electron chi connectivity index (χ3n) is 8.82. The van der Waals surface area contributed by atoms with E-state index in [1.807, 2.05) is 0 Å². The largest absolute Gasteiger partial charge is 0.461 e. The average molecular weight is 808 g/mol. The molecule has 3 unspecified atom stereocenters. The summed E-state index contributed by atoms with van der Waals surface area (Å²) in [4.78, 5) is 24.2. The Balaban J connectivity index is 1.37. The van der Waals surface area contributed by atoms with E-state index >= 15 is 0 Å². The van der Waals surface area contributed by atoms with Gasteiger partial charge >= 0.3 is 13.7 Å². The van der Waals surface area contributed by atoms with Gasteiger partial charge in [-0.05, 0) is 76.1 Å². The first-order valence-corrected chi connectivity index (χ1v) is 20.2. The van der Waals surface area contributed by atoms with E-state index in [2.05, 4.69) is 41.1 Å². The van der Waals surface area contributed by atoms with E-state index in [4.69, 9.17) is 24.3 Å². The Morgan fingerprint density at radius 2 is 1.94 bits per heavy atom. The van der Waals surface area contributed by atoms with Crippen molar-refractivity contribution in [2.24, 2.45) is 10.7 Å². The summed E-state index contributed by atoms with van der Waals surface area (Å²) in [5, 5.41) is 30.1. The number of aliphatic hydroxyl groups excluding tert-OH is 1. The van der Waals surface area contributed by atoms with E-state index in [1.165, 1.54) is 32.0 Å². The highest BCUT2D eigenvalue weighted by Gasteiger charge is 2.53. The van der Waals surface area contributed by atoms with Crippen molar-refractivity contribution in [3.05, 3.63) is 40.8 Å². The molecule has 0 bridgehead atoms. The van der Waals surface area contributed by atoms with Crippen LogP contribution < -0.4 is 25.5 Å². The summed E-state index contributed by atoms with van der Waals surface area (Å²) in [5.74, 6) is -0.186. The van der Waals surface area contributed by atoms with Crippen molar-refractivity contribution < 1.29 is 46.5 Å². The Bertz CT molecular complexity index is 1720. The van der Waals surface area contributed by atoms with Crippen LogP contribution in [-0.4, -0.2) is 102 Å². The van der Waals surface area contributed by atoms with Crippen LogP contribution in [0.5, 0.6) is 5.75 Å². The molecule has 5 rings (SSSR count). The number of aliphatic imine (C=N–C) groups is 1. The van der Waals surface area contributed by atoms with Crippen LogP contribution in [0.2, 0.25) is 0 Å². The van der Waals surface area contributed by atoms with Gasteiger partial charge in [0.15, 0.2) is 17.9 Å². The van der Waals surface area contributed by atoms with Gasteiger partial charge in [0.05, 0.1) is 19.2 Å². The van der Waals surface area contributed by atoms with Crippen molar-refractivity contribution in [3.63, 3.8) is 0 Å². The van der Waals surface area contributed by atoms with Gasteiger partial charge in [0.25, 0.3) is 0 Å². The zero-order chi connectivity index (χ0) is 36.5. The van der Waals surface area contributed by atoms with Gasteiger partial charge < -0.3 is 29.5 Å². The maximum absolute atomic E-state index is 14.5. The minimum absolute atomic E-state index is 0.0424. The van der Waals surface area contributed by atoms with Crippen LogP contribution in [0, 0.1) is 0 Å². The van der Waals surface area contributed by atoms with Crippen molar-refractivity contribution in [2.45, 2.75) is 87.7 Å². The molecule has 0 radical (unpaired) electrons. The number of amidine groups is 1. The number of nitrogens with zero attached hydrogens (tertiary/aromatic N) is 4. The van der Waals surface area contributed by atoms with Gasteiger partial charge in [-0.25, -0.2) is 23.0 Å². The van der Waals surface area contributed by atoms with Crippen LogP contribution in [0.25, 0.3) is 0 Å². The molecule has 1 aromatic heterocycles. The number of rotatable bonds is 15. The first-order valence-electron chi connectivity index (χ1n) is 16.0. The highest BCUT2D eigenvalue weighted by Crippen LogP contribution is 2.51. The molecule has 7 N–H and O–H groups in total. The lowest BCUT2D eigenvalue weighted by molar-refractivity contribution is -0.174. The molecule has 1 aromatic carbocycles. The molecular formula is C29H44BrN8O10PS. The van der Waals surface area contributed by atoms with Crippen molar-refractivity contribution in [1.82, 2.24) is 24.5 Å². The number of carbonyl (C=O) groups is 1. The number of nitrogens with one attached hydrogen (secondary N) is 3. The predicted octanol–water partition coefficient (Wildman–Crippen LogP) is 1.70. The van der Waals surface area contributed by atoms with Gasteiger partial charge in [0.2, 0.25) is 10.0 Å². The van der Waals surface area contributed by atoms with Crippen molar-refractivity contribution in [2.75, 3.05) is 32.3 Å². The minimum Gasteiger partial charge on any atom is -0.461 e. The summed E-state index contributed by atoms with van der Waals surface area (Å²) < 4.78 is 63.2. The molecule has 3 aliphatic rings. The van der Waals surface area contributed by atoms with Gasteiger partial charge in [0.1, 0.15) is 41.1 Å². The number of nitrogens with two attached hydrogens (primary N) is 1. The number of esters is 1. The van der Waals surface area contributed by atoms with E-state index in [0.29, 0.717) is 19.3 Å². The summed E-state index contributed by atoms with van der Waals surface area (Å²) in [5.41, 5.74) is 2.70. The number of sulfonamides is 1. The highest BCUT2D eigenvalue weighted by atomic mass is 79.9. The van der Waals surface area contributed by atoms with E-state index < -0.39 is 60.1 Å². The Kier molecular flexibility index (Phi) is 11.7. The van der Waals surface area contributed by atoms with Gasteiger partial charge in [-0.2, -0.15) is 5.09 Å². The molecule has 278 valence electrons. The van der Waals surface area contributed by atoms with Gasteiger partial charge in [-0.3, -0.25) is 24.6 Å².